The molecule has 4 rings (SSSR count). The number of rotatable bonds is 3. The zero-order valence-corrected chi connectivity index (χ0v) is 17.6. The second kappa shape index (κ2) is 8.90. The minimum atomic E-state index is 0. The summed E-state index contributed by atoms with van der Waals surface area (Å²) in [6.07, 6.45) is 0.966. The van der Waals surface area contributed by atoms with Crippen molar-refractivity contribution in [3.63, 3.8) is 0 Å². The molecule has 1 saturated heterocycles. The zero-order chi connectivity index (χ0) is 18.3. The molecule has 0 spiro atoms. The number of carbonyl (C=O) groups excluding carboxylic acids is 1. The van der Waals surface area contributed by atoms with E-state index in [9.17, 15) is 4.79 Å². The second-order valence-electron chi connectivity index (χ2n) is 6.97. The van der Waals surface area contributed by atoms with E-state index in [0.29, 0.717) is 18.0 Å². The van der Waals surface area contributed by atoms with Gasteiger partial charge in [-0.1, -0.05) is 30.3 Å². The molecule has 0 saturated carbocycles. The van der Waals surface area contributed by atoms with Crippen LogP contribution in [0.4, 0.5) is 0 Å². The molecular formula is C20H25Cl2N5O. The number of hydrogen-bond acceptors (Lipinski definition) is 4. The maximum atomic E-state index is 13.3. The Labute approximate surface area is 176 Å². The number of pyridine rings is 1. The Morgan fingerprint density at radius 2 is 1.96 bits per heavy atom. The number of likely N-dealkylation sites (tertiary alicyclic amines) is 1. The minimum absolute atomic E-state index is 0. The standard InChI is InChI=1S/C20H23N5O.2ClH/c1-13-18-16(20(26)25-9-8-14(11-21)12-25)10-17(15-6-4-3-5-7-15)22-19(18)24(2)23-13;;/h3-7,10,14H,8-9,11-12,21H2,1-2H3;2*1H. The van der Waals surface area contributed by atoms with Crippen LogP contribution in [0.25, 0.3) is 22.3 Å². The van der Waals surface area contributed by atoms with Gasteiger partial charge in [0.15, 0.2) is 5.65 Å². The summed E-state index contributed by atoms with van der Waals surface area (Å²) in [5.74, 6) is 0.432. The largest absolute Gasteiger partial charge is 0.338 e. The van der Waals surface area contributed by atoms with Gasteiger partial charge in [-0.15, -0.1) is 24.8 Å². The number of nitrogens with two attached hydrogens (primary N) is 1. The Bertz CT molecular complexity index is 974. The summed E-state index contributed by atoms with van der Waals surface area (Å²) in [5.41, 5.74) is 9.81. The number of nitrogens with zero attached hydrogens (tertiary/aromatic N) is 4. The summed E-state index contributed by atoms with van der Waals surface area (Å²) in [4.78, 5) is 20.0. The summed E-state index contributed by atoms with van der Waals surface area (Å²) < 4.78 is 1.75. The maximum absolute atomic E-state index is 13.3. The monoisotopic (exact) mass is 421 g/mol. The third-order valence-corrected chi connectivity index (χ3v) is 5.18. The SMILES string of the molecule is Cc1nn(C)c2nc(-c3ccccc3)cc(C(=O)N3CCC(CN)C3)c12.Cl.Cl. The van der Waals surface area contributed by atoms with Crippen molar-refractivity contribution in [2.45, 2.75) is 13.3 Å². The van der Waals surface area contributed by atoms with E-state index in [0.717, 1.165) is 47.5 Å². The van der Waals surface area contributed by atoms with Crippen molar-refractivity contribution in [1.82, 2.24) is 19.7 Å². The van der Waals surface area contributed by atoms with E-state index < -0.39 is 0 Å². The summed E-state index contributed by atoms with van der Waals surface area (Å²) in [6, 6.07) is 11.8. The number of fused-ring (bicyclic) bond motifs is 1. The minimum Gasteiger partial charge on any atom is -0.338 e. The van der Waals surface area contributed by atoms with Crippen LogP contribution in [-0.2, 0) is 7.05 Å². The van der Waals surface area contributed by atoms with Gasteiger partial charge in [0.25, 0.3) is 5.91 Å². The predicted molar refractivity (Wildman–Crippen MR) is 116 cm³/mol. The predicted octanol–water partition coefficient (Wildman–Crippen LogP) is 3.21. The first kappa shape index (κ1) is 22.1. The van der Waals surface area contributed by atoms with Crippen LogP contribution in [0.1, 0.15) is 22.5 Å². The van der Waals surface area contributed by atoms with Gasteiger partial charge in [-0.05, 0) is 31.9 Å². The highest BCUT2D eigenvalue weighted by molar-refractivity contribution is 6.07. The maximum Gasteiger partial charge on any atom is 0.254 e. The molecule has 0 aliphatic carbocycles. The highest BCUT2D eigenvalue weighted by atomic mass is 35.5. The summed E-state index contributed by atoms with van der Waals surface area (Å²) in [6.45, 7) is 4.02. The van der Waals surface area contributed by atoms with Crippen molar-refractivity contribution >= 4 is 41.8 Å². The fraction of sp³-hybridized carbons (Fsp3) is 0.350. The van der Waals surface area contributed by atoms with Gasteiger partial charge in [0.2, 0.25) is 0 Å². The molecule has 1 aromatic carbocycles. The third-order valence-electron chi connectivity index (χ3n) is 5.18. The molecule has 1 atom stereocenters. The Balaban J connectivity index is 0.00000140. The van der Waals surface area contributed by atoms with Gasteiger partial charge in [-0.2, -0.15) is 5.10 Å². The number of benzene rings is 1. The fourth-order valence-electron chi connectivity index (χ4n) is 3.75. The molecule has 150 valence electrons. The van der Waals surface area contributed by atoms with Crippen molar-refractivity contribution in [3.05, 3.63) is 47.7 Å². The van der Waals surface area contributed by atoms with Crippen LogP contribution in [0.15, 0.2) is 36.4 Å². The van der Waals surface area contributed by atoms with Gasteiger partial charge in [0, 0.05) is 25.7 Å². The van der Waals surface area contributed by atoms with E-state index in [1.54, 1.807) is 4.68 Å². The second-order valence-corrected chi connectivity index (χ2v) is 6.97. The Kier molecular flexibility index (Phi) is 7.04. The van der Waals surface area contributed by atoms with Crippen molar-refractivity contribution in [2.75, 3.05) is 19.6 Å². The van der Waals surface area contributed by atoms with E-state index in [-0.39, 0.29) is 30.7 Å². The van der Waals surface area contributed by atoms with Gasteiger partial charge < -0.3 is 10.6 Å². The number of aryl methyl sites for hydroxylation is 2. The molecule has 1 aliphatic rings. The third kappa shape index (κ3) is 3.85. The highest BCUT2D eigenvalue weighted by Gasteiger charge is 2.28. The highest BCUT2D eigenvalue weighted by Crippen LogP contribution is 2.29. The molecule has 6 nitrogen and oxygen atoms in total. The summed E-state index contributed by atoms with van der Waals surface area (Å²) in [7, 11) is 1.87. The molecule has 1 fully saturated rings. The lowest BCUT2D eigenvalue weighted by Crippen LogP contribution is -2.30. The van der Waals surface area contributed by atoms with Gasteiger partial charge in [-0.25, -0.2) is 4.98 Å². The molecule has 2 N–H and O–H groups in total. The van der Waals surface area contributed by atoms with Crippen LogP contribution in [-0.4, -0.2) is 45.2 Å². The number of halogens is 2. The van der Waals surface area contributed by atoms with Crippen molar-refractivity contribution < 1.29 is 4.79 Å². The zero-order valence-electron chi connectivity index (χ0n) is 16.0. The van der Waals surface area contributed by atoms with E-state index >= 15 is 0 Å². The van der Waals surface area contributed by atoms with Gasteiger partial charge in [0.05, 0.1) is 22.3 Å². The molecule has 1 aliphatic heterocycles. The Morgan fingerprint density at radius 1 is 1.25 bits per heavy atom. The van der Waals surface area contributed by atoms with Crippen molar-refractivity contribution in [3.8, 4) is 11.3 Å². The first-order chi connectivity index (χ1) is 12.6. The number of hydrogen-bond donors (Lipinski definition) is 1. The molecule has 0 bridgehead atoms. The number of amides is 1. The van der Waals surface area contributed by atoms with E-state index in [1.165, 1.54) is 0 Å². The van der Waals surface area contributed by atoms with Crippen LogP contribution in [0.3, 0.4) is 0 Å². The summed E-state index contributed by atoms with van der Waals surface area (Å²) in [5, 5.41) is 5.33. The molecule has 1 unspecified atom stereocenters. The lowest BCUT2D eigenvalue weighted by atomic mass is 10.0. The van der Waals surface area contributed by atoms with E-state index in [4.69, 9.17) is 10.7 Å². The molecule has 2 aromatic heterocycles. The average molecular weight is 422 g/mol. The van der Waals surface area contributed by atoms with Crippen LogP contribution in [0.2, 0.25) is 0 Å². The van der Waals surface area contributed by atoms with E-state index in [2.05, 4.69) is 5.10 Å². The Morgan fingerprint density at radius 3 is 2.61 bits per heavy atom. The van der Waals surface area contributed by atoms with Gasteiger partial charge >= 0.3 is 0 Å². The molecule has 3 heterocycles. The van der Waals surface area contributed by atoms with Gasteiger partial charge in [-0.3, -0.25) is 9.48 Å². The number of aromatic nitrogens is 3. The molecule has 1 amide bonds. The molecular weight excluding hydrogens is 397 g/mol. The van der Waals surface area contributed by atoms with Crippen LogP contribution in [0, 0.1) is 12.8 Å². The average Bonchev–Trinajstić information content (AvgIpc) is 3.26. The normalized spacial score (nSPS) is 16.0. The molecule has 3 aromatic rings. The fourth-order valence-corrected chi connectivity index (χ4v) is 3.75. The molecule has 0 radical (unpaired) electrons. The first-order valence-corrected chi connectivity index (χ1v) is 8.97. The molecule has 8 heteroatoms. The first-order valence-electron chi connectivity index (χ1n) is 8.97. The topological polar surface area (TPSA) is 77.0 Å². The van der Waals surface area contributed by atoms with Crippen LogP contribution >= 0.6 is 24.8 Å². The lowest BCUT2D eigenvalue weighted by Gasteiger charge is -2.17. The van der Waals surface area contributed by atoms with Crippen LogP contribution in [0.5, 0.6) is 0 Å². The number of carbonyl (C=O) groups is 1. The van der Waals surface area contributed by atoms with Crippen LogP contribution < -0.4 is 5.73 Å². The summed E-state index contributed by atoms with van der Waals surface area (Å²) >= 11 is 0. The van der Waals surface area contributed by atoms with E-state index in [1.807, 2.05) is 55.3 Å². The Hall–Kier alpha value is -2.15. The van der Waals surface area contributed by atoms with Crippen molar-refractivity contribution in [1.29, 1.82) is 0 Å². The molecule has 28 heavy (non-hydrogen) atoms. The van der Waals surface area contributed by atoms with Gasteiger partial charge in [0.1, 0.15) is 0 Å². The quantitative estimate of drug-likeness (QED) is 0.703. The van der Waals surface area contributed by atoms with Crippen molar-refractivity contribution in [2.24, 2.45) is 18.7 Å². The lowest BCUT2D eigenvalue weighted by molar-refractivity contribution is 0.0789. The smallest absolute Gasteiger partial charge is 0.254 e.